The van der Waals surface area contributed by atoms with Crippen molar-refractivity contribution in [2.75, 3.05) is 0 Å². The first-order chi connectivity index (χ1) is 24.3. The van der Waals surface area contributed by atoms with Crippen molar-refractivity contribution in [3.63, 3.8) is 0 Å². The minimum atomic E-state index is 0. The molecule has 0 aliphatic carbocycles. The van der Waals surface area contributed by atoms with E-state index in [1.54, 1.807) is 0 Å². The first kappa shape index (κ1) is 31.5. The van der Waals surface area contributed by atoms with Gasteiger partial charge in [0, 0.05) is 5.69 Å². The molecule has 2 aromatic heterocycles. The summed E-state index contributed by atoms with van der Waals surface area (Å²) in [5.74, 6) is 0. The summed E-state index contributed by atoms with van der Waals surface area (Å²) >= 11 is 0. The Morgan fingerprint density at radius 3 is 1.70 bits per heavy atom. The molecule has 0 atom stereocenters. The molecule has 9 aromatic rings. The zero-order valence-corrected chi connectivity index (χ0v) is 29.1. The van der Waals surface area contributed by atoms with E-state index < -0.39 is 0 Å². The van der Waals surface area contributed by atoms with Gasteiger partial charge in [0.2, 0.25) is 0 Å². The molecule has 2 heterocycles. The molecule has 0 bridgehead atoms. The molecule has 0 N–H and O–H groups in total. The van der Waals surface area contributed by atoms with Crippen LogP contribution in [0.3, 0.4) is 0 Å². The van der Waals surface area contributed by atoms with Gasteiger partial charge < -0.3 is 4.98 Å². The molecule has 0 amide bonds. The largest absolute Gasteiger partial charge is 3.00 e. The molecule has 0 fully saturated rings. The fourth-order valence-electron chi connectivity index (χ4n) is 6.68. The summed E-state index contributed by atoms with van der Waals surface area (Å²) in [4.78, 5) is 10.5. The third-order valence-corrected chi connectivity index (χ3v) is 9.12. The topological polar surface area (TPSA) is 27.0 Å². The Kier molecular flexibility index (Phi) is 8.58. The fraction of sp³-hybridized carbons (Fsp3) is 0. The first-order valence-corrected chi connectivity index (χ1v) is 16.5. The van der Waals surface area contributed by atoms with E-state index >= 15 is 0 Å². The van der Waals surface area contributed by atoms with E-state index in [9.17, 15) is 0 Å². The normalized spacial score (nSPS) is 11.0. The van der Waals surface area contributed by atoms with Gasteiger partial charge in [-0.15, -0.1) is 28.7 Å². The summed E-state index contributed by atoms with van der Waals surface area (Å²) in [5.41, 5.74) is 14.5. The number of rotatable bonds is 6. The molecular weight excluding hydrogens is 789 g/mol. The van der Waals surface area contributed by atoms with Gasteiger partial charge in [-0.2, -0.15) is 42.0 Å². The van der Waals surface area contributed by atoms with Crippen LogP contribution >= 0.6 is 0 Å². The number of hydrogen-bond donors (Lipinski definition) is 0. The molecule has 238 valence electrons. The van der Waals surface area contributed by atoms with Crippen LogP contribution in [0, 0.1) is 12.1 Å². The molecule has 50 heavy (non-hydrogen) atoms. The zero-order chi connectivity index (χ0) is 32.6. The van der Waals surface area contributed by atoms with Crippen LogP contribution in [-0.2, 0) is 22.4 Å². The second-order valence-corrected chi connectivity index (χ2v) is 12.2. The fourth-order valence-corrected chi connectivity index (χ4v) is 6.68. The molecule has 2 nitrogen and oxygen atoms in total. The molecule has 7 aromatic carbocycles. The molecule has 0 aliphatic heterocycles. The van der Waals surface area contributed by atoms with Gasteiger partial charge in [-0.25, -0.2) is 5.56 Å². The predicted octanol–water partition coefficient (Wildman–Crippen LogP) is 11.9. The summed E-state index contributed by atoms with van der Waals surface area (Å²) in [6.45, 7) is 0. The van der Waals surface area contributed by atoms with Crippen molar-refractivity contribution in [3.8, 4) is 67.0 Å². The minimum absolute atomic E-state index is 0. The van der Waals surface area contributed by atoms with Crippen LogP contribution in [0.2, 0.25) is 0 Å². The van der Waals surface area contributed by atoms with Gasteiger partial charge in [-0.05, 0) is 68.4 Å². The molecule has 0 aliphatic rings. The molecule has 9 rings (SSSR count). The summed E-state index contributed by atoms with van der Waals surface area (Å²) in [7, 11) is 0. The number of fused-ring (bicyclic) bond motifs is 3. The van der Waals surface area contributed by atoms with Crippen LogP contribution in [0.4, 0.5) is 0 Å². The quantitative estimate of drug-likeness (QED) is 0.123. The van der Waals surface area contributed by atoms with Crippen molar-refractivity contribution >= 4 is 21.8 Å². The number of benzene rings is 7. The van der Waals surface area contributed by atoms with Crippen LogP contribution in [0.15, 0.2) is 176 Å². The first-order valence-electron chi connectivity index (χ1n) is 16.5. The second-order valence-electron chi connectivity index (χ2n) is 12.2. The summed E-state index contributed by atoms with van der Waals surface area (Å²) in [6, 6.07) is 68.4. The maximum absolute atomic E-state index is 5.32. The monoisotopic (exact) mass is 818 g/mol. The van der Waals surface area contributed by atoms with Crippen molar-refractivity contribution in [2.24, 2.45) is 0 Å². The van der Waals surface area contributed by atoms with Gasteiger partial charge in [0.25, 0.3) is 0 Å². The molecule has 0 saturated heterocycles. The molecule has 0 spiro atoms. The van der Waals surface area contributed by atoms with E-state index in [-0.39, 0.29) is 22.4 Å². The van der Waals surface area contributed by atoms with Crippen LogP contribution in [0.5, 0.6) is 0 Å². The van der Waals surface area contributed by atoms with Crippen molar-refractivity contribution in [3.05, 3.63) is 188 Å². The van der Waals surface area contributed by atoms with E-state index in [4.69, 9.17) is 9.97 Å². The third-order valence-electron chi connectivity index (χ3n) is 9.12. The summed E-state index contributed by atoms with van der Waals surface area (Å²) < 4.78 is 0. The zero-order valence-electron chi connectivity index (χ0n) is 26.9. The second kappa shape index (κ2) is 13.6. The van der Waals surface area contributed by atoms with Gasteiger partial charge in [0.1, 0.15) is 0 Å². The van der Waals surface area contributed by atoms with Crippen molar-refractivity contribution in [2.45, 2.75) is 0 Å². The summed E-state index contributed by atoms with van der Waals surface area (Å²) in [5, 5.41) is 2.26. The van der Waals surface area contributed by atoms with Gasteiger partial charge in [0.15, 0.2) is 0 Å². The Hall–Kier alpha value is -5.77. The maximum Gasteiger partial charge on any atom is 3.00 e. The molecule has 0 radical (unpaired) electrons. The molecular formula is C47H29AuN2. The number of nitrogens with zero attached hydrogens (tertiary/aromatic N) is 2. The Balaban J connectivity index is 0.00000361. The van der Waals surface area contributed by atoms with Crippen molar-refractivity contribution in [1.82, 2.24) is 9.97 Å². The standard InChI is InChI=1S/C47H29N2.Au/c1-5-14-32(15-6-1)36-24-25-46-41(29-36)42-30-39(35-20-11-4-12-21-35)31-43(47(42)49-46)45-23-13-22-44(48-45)40-27-37(33-16-7-2-8-17-33)26-38(28-40)34-18-9-3-10-19-34;/h1-18,20-27,29-31H;/q-3;+3. The number of aromatic nitrogens is 2. The Morgan fingerprint density at radius 1 is 0.420 bits per heavy atom. The Morgan fingerprint density at radius 2 is 1.02 bits per heavy atom. The van der Waals surface area contributed by atoms with E-state index in [1.165, 1.54) is 11.1 Å². The SMILES string of the molecule is [Au+3].[c-]1ccccc1-c1[c-]c(-c2cccc(-c3cc(-c4ccccc4)cc4c3[n-]c3ccc(-c5ccccc5)cc34)n2)cc(-c2ccccc2)c1. The van der Waals surface area contributed by atoms with E-state index in [2.05, 4.69) is 164 Å². The average Bonchev–Trinajstić information content (AvgIpc) is 3.57. The molecule has 0 saturated carbocycles. The average molecular weight is 819 g/mol. The maximum atomic E-state index is 5.32. The van der Waals surface area contributed by atoms with E-state index in [0.717, 1.165) is 77.7 Å². The van der Waals surface area contributed by atoms with Crippen molar-refractivity contribution in [1.29, 1.82) is 0 Å². The Labute approximate surface area is 307 Å². The molecule has 0 unspecified atom stereocenters. The third kappa shape index (κ3) is 6.02. The smallest absolute Gasteiger partial charge is 0.656 e. The van der Waals surface area contributed by atoms with Crippen molar-refractivity contribution < 1.29 is 22.4 Å². The van der Waals surface area contributed by atoms with Gasteiger partial charge in [-0.1, -0.05) is 121 Å². The van der Waals surface area contributed by atoms with Gasteiger partial charge in [-0.3, -0.25) is 4.98 Å². The van der Waals surface area contributed by atoms with Crippen LogP contribution < -0.4 is 4.98 Å². The van der Waals surface area contributed by atoms with E-state index in [1.807, 2.05) is 24.3 Å². The molecule has 3 heteroatoms. The van der Waals surface area contributed by atoms with Crippen LogP contribution in [0.1, 0.15) is 0 Å². The van der Waals surface area contributed by atoms with E-state index in [0.29, 0.717) is 0 Å². The number of hydrogen-bond acceptors (Lipinski definition) is 1. The predicted molar refractivity (Wildman–Crippen MR) is 203 cm³/mol. The Bertz CT molecular complexity index is 2520. The van der Waals surface area contributed by atoms with Gasteiger partial charge >= 0.3 is 22.4 Å². The van der Waals surface area contributed by atoms with Crippen LogP contribution in [-0.4, -0.2) is 4.98 Å². The van der Waals surface area contributed by atoms with Gasteiger partial charge in [0.05, 0.1) is 5.69 Å². The number of pyridine rings is 1. The van der Waals surface area contributed by atoms with Crippen LogP contribution in [0.25, 0.3) is 88.8 Å². The summed E-state index contributed by atoms with van der Waals surface area (Å²) in [6.07, 6.45) is 0. The minimum Gasteiger partial charge on any atom is -0.656 e.